The summed E-state index contributed by atoms with van der Waals surface area (Å²) in [5.41, 5.74) is 0.707. The van der Waals surface area contributed by atoms with E-state index < -0.39 is 5.97 Å². The second-order valence-corrected chi connectivity index (χ2v) is 3.91. The highest BCUT2D eigenvalue weighted by atomic mass is 19.1. The maximum Gasteiger partial charge on any atom is 0.308 e. The quantitative estimate of drug-likeness (QED) is 0.475. The Morgan fingerprint density at radius 2 is 2.11 bits per heavy atom. The molecular formula is C14H11FO3. The van der Waals surface area contributed by atoms with E-state index in [1.54, 1.807) is 18.2 Å². The zero-order chi connectivity index (χ0) is 13.1. The third-order valence-corrected chi connectivity index (χ3v) is 2.54. The molecule has 0 atom stereocenters. The normalized spacial score (nSPS) is 10.3. The summed E-state index contributed by atoms with van der Waals surface area (Å²) in [5.74, 6) is -0.514. The highest BCUT2D eigenvalue weighted by molar-refractivity contribution is 5.89. The van der Waals surface area contributed by atoms with Crippen LogP contribution >= 0.6 is 0 Å². The highest BCUT2D eigenvalue weighted by Crippen LogP contribution is 2.26. The Bertz CT molecular complexity index is 620. The van der Waals surface area contributed by atoms with Crippen LogP contribution in [0.3, 0.4) is 0 Å². The van der Waals surface area contributed by atoms with E-state index >= 15 is 0 Å². The summed E-state index contributed by atoms with van der Waals surface area (Å²) in [7, 11) is 0. The number of rotatable bonds is 3. The third-order valence-electron chi connectivity index (χ3n) is 2.54. The van der Waals surface area contributed by atoms with Crippen LogP contribution < -0.4 is 4.74 Å². The molecule has 0 aliphatic heterocycles. The Labute approximate surface area is 103 Å². The van der Waals surface area contributed by atoms with Gasteiger partial charge < -0.3 is 9.53 Å². The van der Waals surface area contributed by atoms with Gasteiger partial charge in [0.15, 0.2) is 0 Å². The molecule has 0 N–H and O–H groups in total. The van der Waals surface area contributed by atoms with E-state index in [0.29, 0.717) is 16.7 Å². The van der Waals surface area contributed by atoms with Gasteiger partial charge in [-0.05, 0) is 40.6 Å². The second-order valence-electron chi connectivity index (χ2n) is 3.91. The first-order valence-corrected chi connectivity index (χ1v) is 5.44. The summed E-state index contributed by atoms with van der Waals surface area (Å²) in [6, 6.07) is 7.49. The summed E-state index contributed by atoms with van der Waals surface area (Å²) in [6.45, 7) is 1.29. The van der Waals surface area contributed by atoms with E-state index in [4.69, 9.17) is 4.74 Å². The smallest absolute Gasteiger partial charge is 0.308 e. The first kappa shape index (κ1) is 12.2. The van der Waals surface area contributed by atoms with Crippen LogP contribution in [0.4, 0.5) is 4.39 Å². The lowest BCUT2D eigenvalue weighted by molar-refractivity contribution is -0.131. The minimum absolute atomic E-state index is 0.192. The molecule has 0 aromatic heterocycles. The molecular weight excluding hydrogens is 235 g/mol. The number of esters is 1. The number of halogens is 1. The van der Waals surface area contributed by atoms with Gasteiger partial charge in [0.05, 0.1) is 0 Å². The number of benzene rings is 2. The van der Waals surface area contributed by atoms with Gasteiger partial charge >= 0.3 is 5.97 Å². The predicted molar refractivity (Wildman–Crippen MR) is 65.0 cm³/mol. The third kappa shape index (κ3) is 2.53. The van der Waals surface area contributed by atoms with Crippen molar-refractivity contribution in [2.24, 2.45) is 0 Å². The molecule has 0 unspecified atom stereocenters. The van der Waals surface area contributed by atoms with Crippen molar-refractivity contribution in [1.82, 2.24) is 0 Å². The average molecular weight is 246 g/mol. The van der Waals surface area contributed by atoms with Gasteiger partial charge in [-0.1, -0.05) is 6.07 Å². The van der Waals surface area contributed by atoms with Crippen LogP contribution in [0.25, 0.3) is 10.8 Å². The Kier molecular flexibility index (Phi) is 3.37. The van der Waals surface area contributed by atoms with Gasteiger partial charge in [0.2, 0.25) is 0 Å². The minimum Gasteiger partial charge on any atom is -0.427 e. The number of hydrogen-bond donors (Lipinski definition) is 0. The standard InChI is InChI=1S/C14H11FO3/c1-9(17)18-13-7-10(4-5-16)14-3-2-12(15)6-11(14)8-13/h2-3,5-8H,4H2,1H3. The number of aldehydes is 1. The fourth-order valence-corrected chi connectivity index (χ4v) is 1.87. The largest absolute Gasteiger partial charge is 0.427 e. The van der Waals surface area contributed by atoms with Crippen molar-refractivity contribution >= 4 is 23.0 Å². The van der Waals surface area contributed by atoms with Crippen molar-refractivity contribution < 1.29 is 18.7 Å². The summed E-state index contributed by atoms with van der Waals surface area (Å²) < 4.78 is 18.1. The van der Waals surface area contributed by atoms with Crippen molar-refractivity contribution in [3.8, 4) is 5.75 Å². The molecule has 4 heteroatoms. The van der Waals surface area contributed by atoms with Crippen LogP contribution in [-0.2, 0) is 16.0 Å². The number of fused-ring (bicyclic) bond motifs is 1. The monoisotopic (exact) mass is 246 g/mol. The summed E-state index contributed by atoms with van der Waals surface area (Å²) in [6.07, 6.45) is 0.951. The number of carbonyl (C=O) groups is 2. The van der Waals surface area contributed by atoms with E-state index in [1.807, 2.05) is 0 Å². The Morgan fingerprint density at radius 1 is 1.33 bits per heavy atom. The molecule has 0 bridgehead atoms. The summed E-state index contributed by atoms with van der Waals surface area (Å²) >= 11 is 0. The van der Waals surface area contributed by atoms with Crippen LogP contribution in [0.5, 0.6) is 5.75 Å². The van der Waals surface area contributed by atoms with E-state index in [0.717, 1.165) is 11.7 Å². The highest BCUT2D eigenvalue weighted by Gasteiger charge is 2.07. The molecule has 0 fully saturated rings. The molecule has 2 rings (SSSR count). The van der Waals surface area contributed by atoms with Gasteiger partial charge in [-0.3, -0.25) is 4.79 Å². The van der Waals surface area contributed by atoms with E-state index in [2.05, 4.69) is 0 Å². The molecule has 0 saturated carbocycles. The molecule has 2 aromatic carbocycles. The Balaban J connectivity index is 2.62. The zero-order valence-corrected chi connectivity index (χ0v) is 9.77. The van der Waals surface area contributed by atoms with Crippen LogP contribution in [0.15, 0.2) is 30.3 Å². The van der Waals surface area contributed by atoms with Crippen molar-refractivity contribution in [2.45, 2.75) is 13.3 Å². The lowest BCUT2D eigenvalue weighted by atomic mass is 10.0. The van der Waals surface area contributed by atoms with Crippen molar-refractivity contribution in [2.75, 3.05) is 0 Å². The van der Waals surface area contributed by atoms with Gasteiger partial charge in [-0.15, -0.1) is 0 Å². The molecule has 0 amide bonds. The van der Waals surface area contributed by atoms with Gasteiger partial charge in [-0.2, -0.15) is 0 Å². The van der Waals surface area contributed by atoms with Gasteiger partial charge in [0.1, 0.15) is 17.9 Å². The van der Waals surface area contributed by atoms with Crippen LogP contribution in [0.2, 0.25) is 0 Å². The molecule has 0 aliphatic rings. The molecule has 0 heterocycles. The van der Waals surface area contributed by atoms with Crippen LogP contribution in [0.1, 0.15) is 12.5 Å². The minimum atomic E-state index is -0.456. The number of carbonyl (C=O) groups excluding carboxylic acids is 2. The maximum absolute atomic E-state index is 13.2. The summed E-state index contributed by atoms with van der Waals surface area (Å²) in [4.78, 5) is 21.6. The molecule has 18 heavy (non-hydrogen) atoms. The molecule has 0 aliphatic carbocycles. The van der Waals surface area contributed by atoms with Crippen LogP contribution in [0, 0.1) is 5.82 Å². The van der Waals surface area contributed by atoms with Gasteiger partial charge in [0.25, 0.3) is 0 Å². The molecule has 0 saturated heterocycles. The second kappa shape index (κ2) is 4.96. The van der Waals surface area contributed by atoms with Gasteiger partial charge in [0, 0.05) is 13.3 Å². The predicted octanol–water partition coefficient (Wildman–Crippen LogP) is 2.65. The Hall–Kier alpha value is -2.23. The van der Waals surface area contributed by atoms with Crippen molar-refractivity contribution in [3.05, 3.63) is 41.7 Å². The Morgan fingerprint density at radius 3 is 2.78 bits per heavy atom. The average Bonchev–Trinajstić information content (AvgIpc) is 2.27. The van der Waals surface area contributed by atoms with Crippen molar-refractivity contribution in [3.63, 3.8) is 0 Å². The number of ether oxygens (including phenoxy) is 1. The van der Waals surface area contributed by atoms with E-state index in [1.165, 1.54) is 19.1 Å². The molecule has 92 valence electrons. The fourth-order valence-electron chi connectivity index (χ4n) is 1.87. The lowest BCUT2D eigenvalue weighted by Gasteiger charge is -2.08. The molecule has 0 spiro atoms. The van der Waals surface area contributed by atoms with Crippen molar-refractivity contribution in [1.29, 1.82) is 0 Å². The molecule has 3 nitrogen and oxygen atoms in total. The first-order chi connectivity index (χ1) is 8.60. The summed E-state index contributed by atoms with van der Waals surface area (Å²) in [5, 5.41) is 1.38. The van der Waals surface area contributed by atoms with Gasteiger partial charge in [-0.25, -0.2) is 4.39 Å². The first-order valence-electron chi connectivity index (χ1n) is 5.44. The molecule has 2 aromatic rings. The zero-order valence-electron chi connectivity index (χ0n) is 9.77. The lowest BCUT2D eigenvalue weighted by Crippen LogP contribution is -2.02. The van der Waals surface area contributed by atoms with E-state index in [9.17, 15) is 14.0 Å². The number of hydrogen-bond acceptors (Lipinski definition) is 3. The topological polar surface area (TPSA) is 43.4 Å². The fraction of sp³-hybridized carbons (Fsp3) is 0.143. The van der Waals surface area contributed by atoms with E-state index in [-0.39, 0.29) is 12.2 Å². The molecule has 0 radical (unpaired) electrons. The van der Waals surface area contributed by atoms with Crippen LogP contribution in [-0.4, -0.2) is 12.3 Å². The SMILES string of the molecule is CC(=O)Oc1cc(CC=O)c2ccc(F)cc2c1. The maximum atomic E-state index is 13.2.